The van der Waals surface area contributed by atoms with Crippen LogP contribution >= 0.6 is 0 Å². The Morgan fingerprint density at radius 3 is 2.50 bits per heavy atom. The minimum absolute atomic E-state index is 0.252. The minimum Gasteiger partial charge on any atom is -0.451 e. The number of hydrogen-bond donors (Lipinski definition) is 1. The Hall–Kier alpha value is -3.54. The van der Waals surface area contributed by atoms with Crippen LogP contribution in [0.25, 0.3) is 21.9 Å². The second-order valence-corrected chi connectivity index (χ2v) is 6.76. The van der Waals surface area contributed by atoms with E-state index in [-0.39, 0.29) is 5.78 Å². The molecule has 4 aromatic rings. The van der Waals surface area contributed by atoms with Gasteiger partial charge in [0.15, 0.2) is 6.10 Å². The molecule has 4 rings (SSSR count). The van der Waals surface area contributed by atoms with Gasteiger partial charge in [-0.05, 0) is 45.0 Å². The van der Waals surface area contributed by atoms with Crippen LogP contribution in [-0.4, -0.2) is 32.8 Å². The van der Waals surface area contributed by atoms with E-state index >= 15 is 0 Å². The van der Waals surface area contributed by atoms with E-state index in [0.717, 1.165) is 22.3 Å². The number of rotatable bonds is 4. The van der Waals surface area contributed by atoms with Crippen LogP contribution < -0.4 is 0 Å². The number of ether oxygens (including phenoxy) is 1. The van der Waals surface area contributed by atoms with Gasteiger partial charge >= 0.3 is 5.97 Å². The summed E-state index contributed by atoms with van der Waals surface area (Å²) in [6.07, 6.45) is 0.738. The predicted octanol–water partition coefficient (Wildman–Crippen LogP) is 4.16. The van der Waals surface area contributed by atoms with E-state index in [1.54, 1.807) is 31.3 Å². The van der Waals surface area contributed by atoms with E-state index in [9.17, 15) is 9.59 Å². The van der Waals surface area contributed by atoms with E-state index < -0.39 is 12.1 Å². The number of aryl methyl sites for hydroxylation is 2. The maximum atomic E-state index is 12.8. The number of aromatic amines is 1. The maximum Gasteiger partial charge on any atom is 0.338 e. The molecule has 0 unspecified atom stereocenters. The van der Waals surface area contributed by atoms with Gasteiger partial charge in [0.05, 0.1) is 28.0 Å². The Morgan fingerprint density at radius 2 is 1.71 bits per heavy atom. The fraction of sp³-hybridized carbons (Fsp3) is 0.182. The number of esters is 1. The highest BCUT2D eigenvalue weighted by atomic mass is 16.5. The smallest absolute Gasteiger partial charge is 0.338 e. The summed E-state index contributed by atoms with van der Waals surface area (Å²) in [6, 6.07) is 12.5. The fourth-order valence-corrected chi connectivity index (χ4v) is 3.13. The van der Waals surface area contributed by atoms with Crippen molar-refractivity contribution in [2.75, 3.05) is 0 Å². The van der Waals surface area contributed by atoms with Crippen molar-refractivity contribution in [2.45, 2.75) is 26.9 Å². The zero-order valence-electron chi connectivity index (χ0n) is 15.8. The molecule has 0 saturated heterocycles. The van der Waals surface area contributed by atoms with Gasteiger partial charge in [0.1, 0.15) is 0 Å². The van der Waals surface area contributed by atoms with Crippen molar-refractivity contribution < 1.29 is 14.3 Å². The molecule has 0 fully saturated rings. The Kier molecular flexibility index (Phi) is 4.39. The lowest BCUT2D eigenvalue weighted by atomic mass is 10.1. The van der Waals surface area contributed by atoms with Crippen LogP contribution in [0.1, 0.15) is 39.0 Å². The lowest BCUT2D eigenvalue weighted by Crippen LogP contribution is -2.24. The van der Waals surface area contributed by atoms with Crippen molar-refractivity contribution in [3.63, 3.8) is 0 Å². The summed E-state index contributed by atoms with van der Waals surface area (Å²) in [5, 5.41) is 0.808. The predicted molar refractivity (Wildman–Crippen MR) is 107 cm³/mol. The third-order valence-corrected chi connectivity index (χ3v) is 4.82. The molecule has 0 aliphatic carbocycles. The monoisotopic (exact) mass is 373 g/mol. The SMILES string of the molecule is Cc1nc2ccc(C(=O)O[C@H](C)C(=O)c3c[nH]c4ccccc34)cc2nc1C. The largest absolute Gasteiger partial charge is 0.451 e. The van der Waals surface area contributed by atoms with E-state index in [1.165, 1.54) is 0 Å². The van der Waals surface area contributed by atoms with E-state index in [4.69, 9.17) is 4.74 Å². The molecule has 0 saturated carbocycles. The standard InChI is InChI=1S/C22H19N3O3/c1-12-13(2)25-20-10-15(8-9-19(20)24-12)22(27)28-14(3)21(26)17-11-23-18-7-5-4-6-16(17)18/h4-11,14,23H,1-3H3/t14-/m1/s1. The molecule has 0 amide bonds. The highest BCUT2D eigenvalue weighted by Crippen LogP contribution is 2.21. The van der Waals surface area contributed by atoms with Crippen molar-refractivity contribution in [1.82, 2.24) is 15.0 Å². The molecule has 2 heterocycles. The van der Waals surface area contributed by atoms with E-state index in [0.29, 0.717) is 22.2 Å². The molecule has 1 N–H and O–H groups in total. The van der Waals surface area contributed by atoms with Crippen LogP contribution in [0.15, 0.2) is 48.7 Å². The molecule has 28 heavy (non-hydrogen) atoms. The highest BCUT2D eigenvalue weighted by molar-refractivity contribution is 6.10. The van der Waals surface area contributed by atoms with Crippen LogP contribution in [0.5, 0.6) is 0 Å². The molecular formula is C22H19N3O3. The van der Waals surface area contributed by atoms with Crippen LogP contribution in [0, 0.1) is 13.8 Å². The first-order valence-electron chi connectivity index (χ1n) is 9.00. The number of carbonyl (C=O) groups is 2. The van der Waals surface area contributed by atoms with Gasteiger partial charge in [-0.25, -0.2) is 14.8 Å². The number of fused-ring (bicyclic) bond motifs is 2. The van der Waals surface area contributed by atoms with Gasteiger partial charge in [0.2, 0.25) is 5.78 Å². The van der Waals surface area contributed by atoms with Crippen molar-refractivity contribution in [1.29, 1.82) is 0 Å². The normalized spacial score (nSPS) is 12.2. The Bertz CT molecular complexity index is 1230. The van der Waals surface area contributed by atoms with E-state index in [1.807, 2.05) is 38.1 Å². The average molecular weight is 373 g/mol. The second-order valence-electron chi connectivity index (χ2n) is 6.76. The number of carbonyl (C=O) groups excluding carboxylic acids is 2. The third kappa shape index (κ3) is 3.13. The van der Waals surface area contributed by atoms with Crippen LogP contribution in [0.4, 0.5) is 0 Å². The van der Waals surface area contributed by atoms with Gasteiger partial charge < -0.3 is 9.72 Å². The molecule has 0 aliphatic heterocycles. The van der Waals surface area contributed by atoms with Crippen molar-refractivity contribution in [3.05, 3.63) is 71.2 Å². The Balaban J connectivity index is 1.56. The topological polar surface area (TPSA) is 84.9 Å². The summed E-state index contributed by atoms with van der Waals surface area (Å²) in [6.45, 7) is 5.34. The summed E-state index contributed by atoms with van der Waals surface area (Å²) in [7, 11) is 0. The molecule has 1 atom stereocenters. The first-order chi connectivity index (χ1) is 13.4. The first kappa shape index (κ1) is 17.9. The number of aromatic nitrogens is 3. The van der Waals surface area contributed by atoms with Gasteiger partial charge in [-0.3, -0.25) is 4.79 Å². The van der Waals surface area contributed by atoms with Gasteiger partial charge in [0.25, 0.3) is 0 Å². The van der Waals surface area contributed by atoms with Gasteiger partial charge in [-0.1, -0.05) is 18.2 Å². The third-order valence-electron chi connectivity index (χ3n) is 4.82. The quantitative estimate of drug-likeness (QED) is 0.429. The summed E-state index contributed by atoms with van der Waals surface area (Å²) in [4.78, 5) is 37.3. The molecule has 6 nitrogen and oxygen atoms in total. The van der Waals surface area contributed by atoms with Crippen molar-refractivity contribution >= 4 is 33.7 Å². The van der Waals surface area contributed by atoms with Crippen LogP contribution in [-0.2, 0) is 4.74 Å². The molecule has 140 valence electrons. The van der Waals surface area contributed by atoms with Crippen LogP contribution in [0.2, 0.25) is 0 Å². The highest BCUT2D eigenvalue weighted by Gasteiger charge is 2.23. The molecule has 6 heteroatoms. The van der Waals surface area contributed by atoms with Gasteiger partial charge in [-0.15, -0.1) is 0 Å². The zero-order chi connectivity index (χ0) is 19.8. The lowest BCUT2D eigenvalue weighted by Gasteiger charge is -2.12. The van der Waals surface area contributed by atoms with E-state index in [2.05, 4.69) is 15.0 Å². The summed E-state index contributed by atoms with van der Waals surface area (Å²) in [5.41, 5.74) is 4.69. The number of H-pyrrole nitrogens is 1. The van der Waals surface area contributed by atoms with Crippen molar-refractivity contribution in [2.24, 2.45) is 0 Å². The Labute approximate surface area is 161 Å². The molecule has 0 bridgehead atoms. The summed E-state index contributed by atoms with van der Waals surface area (Å²) >= 11 is 0. The number of hydrogen-bond acceptors (Lipinski definition) is 5. The fourth-order valence-electron chi connectivity index (χ4n) is 3.13. The van der Waals surface area contributed by atoms with Crippen molar-refractivity contribution in [3.8, 4) is 0 Å². The number of nitrogens with one attached hydrogen (secondary N) is 1. The zero-order valence-corrected chi connectivity index (χ0v) is 15.8. The molecule has 2 aromatic carbocycles. The van der Waals surface area contributed by atoms with Gasteiger partial charge in [0, 0.05) is 22.7 Å². The van der Waals surface area contributed by atoms with Gasteiger partial charge in [-0.2, -0.15) is 0 Å². The lowest BCUT2D eigenvalue weighted by molar-refractivity contribution is 0.0319. The first-order valence-corrected chi connectivity index (χ1v) is 9.00. The minimum atomic E-state index is -0.909. The number of ketones is 1. The molecular weight excluding hydrogens is 354 g/mol. The maximum absolute atomic E-state index is 12.8. The van der Waals surface area contributed by atoms with Crippen LogP contribution in [0.3, 0.4) is 0 Å². The summed E-state index contributed by atoms with van der Waals surface area (Å²) < 4.78 is 5.42. The average Bonchev–Trinajstić information content (AvgIpc) is 3.12. The molecule has 2 aromatic heterocycles. The molecule has 0 radical (unpaired) electrons. The summed E-state index contributed by atoms with van der Waals surface area (Å²) in [5.74, 6) is -0.819. The second kappa shape index (κ2) is 6.88. The number of benzene rings is 2. The number of Topliss-reactive ketones (excluding diaryl/α,β-unsaturated/α-hetero) is 1. The molecule has 0 aliphatic rings. The molecule has 0 spiro atoms. The number of para-hydroxylation sites is 1. The Morgan fingerprint density at radius 1 is 1.00 bits per heavy atom. The number of nitrogens with zero attached hydrogens (tertiary/aromatic N) is 2.